The number of terminal acetylenes is 1. The van der Waals surface area contributed by atoms with Crippen molar-refractivity contribution in [2.45, 2.75) is 24.9 Å². The molecule has 90 valence electrons. The largest absolute Gasteiger partial charge is 0.338 e. The molecule has 0 bridgehead atoms. The van der Waals surface area contributed by atoms with Gasteiger partial charge in [0.2, 0.25) is 0 Å². The van der Waals surface area contributed by atoms with Crippen molar-refractivity contribution in [3.8, 4) is 12.3 Å². The van der Waals surface area contributed by atoms with Gasteiger partial charge in [0.05, 0.1) is 11.6 Å². The van der Waals surface area contributed by atoms with Gasteiger partial charge < -0.3 is 10.3 Å². The van der Waals surface area contributed by atoms with Gasteiger partial charge in [0.25, 0.3) is 0 Å². The minimum atomic E-state index is -0.331. The molecule has 0 amide bonds. The van der Waals surface area contributed by atoms with Crippen molar-refractivity contribution in [3.05, 3.63) is 29.3 Å². The molecule has 1 aliphatic heterocycles. The second-order valence-corrected chi connectivity index (χ2v) is 5.18. The Balaban J connectivity index is 1.79. The van der Waals surface area contributed by atoms with E-state index < -0.39 is 0 Å². The maximum Gasteiger partial charge on any atom is 0.150 e. The molecule has 1 saturated carbocycles. The molecule has 3 atom stereocenters. The standard InChI is InChI=1S/C14H12FN3/c1-2-7-3-9(15)13-11(4-7)17-14(18-13)12-6-8-5-10(8)16-12/h1,3-4,8,10,12,16H,5-6H2,(H,17,18)/t8-,10?,12+/m1/s1. The number of fused-ring (bicyclic) bond motifs is 2. The highest BCUT2D eigenvalue weighted by Crippen LogP contribution is 2.45. The van der Waals surface area contributed by atoms with Crippen molar-refractivity contribution < 1.29 is 4.39 Å². The van der Waals surface area contributed by atoms with Crippen molar-refractivity contribution in [1.82, 2.24) is 15.3 Å². The Kier molecular flexibility index (Phi) is 1.87. The monoisotopic (exact) mass is 241 g/mol. The van der Waals surface area contributed by atoms with Crippen molar-refractivity contribution in [1.29, 1.82) is 0 Å². The molecule has 0 spiro atoms. The zero-order valence-corrected chi connectivity index (χ0v) is 9.70. The maximum atomic E-state index is 13.8. The molecule has 2 fully saturated rings. The normalized spacial score (nSPS) is 29.2. The van der Waals surface area contributed by atoms with E-state index in [0.717, 1.165) is 18.2 Å². The van der Waals surface area contributed by atoms with Gasteiger partial charge in [-0.2, -0.15) is 0 Å². The summed E-state index contributed by atoms with van der Waals surface area (Å²) in [5.41, 5.74) is 1.59. The van der Waals surface area contributed by atoms with Gasteiger partial charge in [0.1, 0.15) is 17.2 Å². The van der Waals surface area contributed by atoms with Gasteiger partial charge >= 0.3 is 0 Å². The number of nitrogens with zero attached hydrogens (tertiary/aromatic N) is 1. The number of piperidine rings is 1. The third-order valence-corrected chi connectivity index (χ3v) is 3.94. The Morgan fingerprint density at radius 2 is 2.28 bits per heavy atom. The molecule has 1 unspecified atom stereocenters. The first-order valence-corrected chi connectivity index (χ1v) is 6.16. The van der Waals surface area contributed by atoms with Crippen molar-refractivity contribution >= 4 is 11.0 Å². The van der Waals surface area contributed by atoms with E-state index in [9.17, 15) is 4.39 Å². The van der Waals surface area contributed by atoms with E-state index in [-0.39, 0.29) is 11.9 Å². The lowest BCUT2D eigenvalue weighted by atomic mass is 10.2. The number of hydrogen-bond donors (Lipinski definition) is 2. The molecule has 1 saturated heterocycles. The molecular weight excluding hydrogens is 229 g/mol. The number of hydrogen-bond acceptors (Lipinski definition) is 2. The van der Waals surface area contributed by atoms with Crippen molar-refractivity contribution in [3.63, 3.8) is 0 Å². The number of H-pyrrole nitrogens is 1. The molecule has 4 heteroatoms. The first-order valence-electron chi connectivity index (χ1n) is 6.16. The van der Waals surface area contributed by atoms with Crippen LogP contribution in [0.1, 0.15) is 30.3 Å². The van der Waals surface area contributed by atoms with Crippen LogP contribution in [-0.2, 0) is 0 Å². The van der Waals surface area contributed by atoms with E-state index in [2.05, 4.69) is 21.2 Å². The predicted octanol–water partition coefficient (Wildman–Crippen LogP) is 2.11. The minimum Gasteiger partial charge on any atom is -0.338 e. The second kappa shape index (κ2) is 3.33. The molecule has 3 nitrogen and oxygen atoms in total. The molecule has 2 N–H and O–H groups in total. The molecular formula is C14H12FN3. The van der Waals surface area contributed by atoms with Crippen LogP contribution in [-0.4, -0.2) is 16.0 Å². The highest BCUT2D eigenvalue weighted by atomic mass is 19.1. The van der Waals surface area contributed by atoms with Crippen LogP contribution >= 0.6 is 0 Å². The lowest BCUT2D eigenvalue weighted by Gasteiger charge is -2.08. The number of benzene rings is 1. The summed E-state index contributed by atoms with van der Waals surface area (Å²) in [6, 6.07) is 3.99. The average Bonchev–Trinajstić information content (AvgIpc) is 2.81. The number of aromatic nitrogens is 2. The predicted molar refractivity (Wildman–Crippen MR) is 66.4 cm³/mol. The van der Waals surface area contributed by atoms with Crippen LogP contribution in [0.4, 0.5) is 4.39 Å². The van der Waals surface area contributed by atoms with Gasteiger partial charge in [-0.1, -0.05) is 5.92 Å². The Morgan fingerprint density at radius 3 is 3.00 bits per heavy atom. The van der Waals surface area contributed by atoms with Crippen LogP contribution in [0.15, 0.2) is 12.1 Å². The Bertz CT molecular complexity index is 672. The average molecular weight is 241 g/mol. The maximum absolute atomic E-state index is 13.8. The quantitative estimate of drug-likeness (QED) is 0.751. The van der Waals surface area contributed by atoms with Crippen LogP contribution in [0.25, 0.3) is 11.0 Å². The molecule has 0 radical (unpaired) electrons. The zero-order chi connectivity index (χ0) is 12.3. The fraction of sp³-hybridized carbons (Fsp3) is 0.357. The minimum absolute atomic E-state index is 0.231. The van der Waals surface area contributed by atoms with E-state index in [1.165, 1.54) is 12.5 Å². The number of nitrogens with one attached hydrogen (secondary N) is 2. The number of imidazole rings is 1. The molecule has 1 aliphatic carbocycles. The fourth-order valence-corrected chi connectivity index (χ4v) is 2.87. The summed E-state index contributed by atoms with van der Waals surface area (Å²) in [4.78, 5) is 7.55. The van der Waals surface area contributed by atoms with E-state index in [4.69, 9.17) is 6.42 Å². The summed E-state index contributed by atoms with van der Waals surface area (Å²) in [5.74, 6) is 3.72. The molecule has 18 heavy (non-hydrogen) atoms. The van der Waals surface area contributed by atoms with E-state index >= 15 is 0 Å². The Labute approximate surface area is 104 Å². The summed E-state index contributed by atoms with van der Waals surface area (Å²) in [7, 11) is 0. The van der Waals surface area contributed by atoms with Gasteiger partial charge in [-0.05, 0) is 30.9 Å². The fourth-order valence-electron chi connectivity index (χ4n) is 2.87. The lowest BCUT2D eigenvalue weighted by Crippen LogP contribution is -2.18. The Hall–Kier alpha value is -1.86. The van der Waals surface area contributed by atoms with E-state index in [1.54, 1.807) is 6.07 Å². The molecule has 2 heterocycles. The smallest absolute Gasteiger partial charge is 0.150 e. The summed E-state index contributed by atoms with van der Waals surface area (Å²) in [6.07, 6.45) is 7.66. The molecule has 4 rings (SSSR count). The summed E-state index contributed by atoms with van der Waals surface area (Å²) >= 11 is 0. The van der Waals surface area contributed by atoms with Gasteiger partial charge in [-0.3, -0.25) is 0 Å². The van der Waals surface area contributed by atoms with Gasteiger partial charge in [0, 0.05) is 11.6 Å². The molecule has 1 aromatic heterocycles. The third-order valence-electron chi connectivity index (χ3n) is 3.94. The van der Waals surface area contributed by atoms with Gasteiger partial charge in [-0.15, -0.1) is 6.42 Å². The molecule has 2 aliphatic rings. The third kappa shape index (κ3) is 1.37. The number of halogens is 1. The van der Waals surface area contributed by atoms with E-state index in [1.807, 2.05) is 0 Å². The summed E-state index contributed by atoms with van der Waals surface area (Å²) in [6.45, 7) is 0. The summed E-state index contributed by atoms with van der Waals surface area (Å²) < 4.78 is 13.8. The molecule has 2 aromatic rings. The van der Waals surface area contributed by atoms with Crippen LogP contribution in [0, 0.1) is 24.1 Å². The van der Waals surface area contributed by atoms with Gasteiger partial charge in [-0.25, -0.2) is 9.37 Å². The van der Waals surface area contributed by atoms with Crippen LogP contribution in [0.5, 0.6) is 0 Å². The SMILES string of the molecule is C#Cc1cc(F)c2[nH]c([C@@H]3C[C@H]4CC4N3)nc2c1. The topological polar surface area (TPSA) is 40.7 Å². The lowest BCUT2D eigenvalue weighted by molar-refractivity contribution is 0.544. The highest BCUT2D eigenvalue weighted by Gasteiger charge is 2.46. The van der Waals surface area contributed by atoms with Gasteiger partial charge in [0.15, 0.2) is 0 Å². The van der Waals surface area contributed by atoms with Crippen molar-refractivity contribution in [2.24, 2.45) is 5.92 Å². The van der Waals surface area contributed by atoms with Crippen molar-refractivity contribution in [2.75, 3.05) is 0 Å². The zero-order valence-electron chi connectivity index (χ0n) is 9.70. The Morgan fingerprint density at radius 1 is 1.39 bits per heavy atom. The van der Waals surface area contributed by atoms with Crippen LogP contribution in [0.3, 0.4) is 0 Å². The molecule has 1 aromatic carbocycles. The summed E-state index contributed by atoms with van der Waals surface area (Å²) in [5, 5.41) is 3.50. The number of aromatic amines is 1. The first kappa shape index (κ1) is 10.1. The highest BCUT2D eigenvalue weighted by molar-refractivity contribution is 5.77. The van der Waals surface area contributed by atoms with E-state index in [0.29, 0.717) is 22.6 Å². The number of rotatable bonds is 1. The van der Waals surface area contributed by atoms with Crippen LogP contribution < -0.4 is 5.32 Å². The van der Waals surface area contributed by atoms with Crippen LogP contribution in [0.2, 0.25) is 0 Å². The second-order valence-electron chi connectivity index (χ2n) is 5.18. The first-order chi connectivity index (χ1) is 8.74.